The van der Waals surface area contributed by atoms with Gasteiger partial charge < -0.3 is 15.3 Å². The number of halogens is 3. The lowest BCUT2D eigenvalue weighted by molar-refractivity contribution is 0.255. The number of nitriles is 1. The van der Waals surface area contributed by atoms with Crippen molar-refractivity contribution >= 4 is 27.4 Å². The minimum absolute atomic E-state index is 0.00399. The Bertz CT molecular complexity index is 2020. The molecule has 2 bridgehead atoms. The molecular formula is C36H33F3N6O. The molecule has 46 heavy (non-hydrogen) atoms. The number of fused-ring (bicyclic) bond motifs is 5. The Kier molecular flexibility index (Phi) is 6.86. The maximum Gasteiger partial charge on any atom is 0.175 e. The Hall–Kier alpha value is -4.38. The highest BCUT2D eigenvalue weighted by atomic mass is 19.1. The van der Waals surface area contributed by atoms with E-state index in [-0.39, 0.29) is 45.9 Å². The van der Waals surface area contributed by atoms with E-state index in [1.54, 1.807) is 6.07 Å². The summed E-state index contributed by atoms with van der Waals surface area (Å²) in [5.74, 6) is 5.18. The first-order valence-corrected chi connectivity index (χ1v) is 16.1. The molecule has 10 heteroatoms. The van der Waals surface area contributed by atoms with Crippen molar-refractivity contribution in [1.29, 1.82) is 5.26 Å². The average molecular weight is 623 g/mol. The molecule has 6 heterocycles. The largest absolute Gasteiger partial charge is 0.508 e. The number of aromatic nitrogens is 2. The van der Waals surface area contributed by atoms with Gasteiger partial charge in [0.05, 0.1) is 11.2 Å². The Balaban J connectivity index is 1.38. The second-order valence-corrected chi connectivity index (χ2v) is 13.1. The highest BCUT2D eigenvalue weighted by Crippen LogP contribution is 2.42. The van der Waals surface area contributed by atoms with Gasteiger partial charge in [-0.15, -0.1) is 0 Å². The lowest BCUT2D eigenvalue weighted by Crippen LogP contribution is -2.51. The molecule has 2 unspecified atom stereocenters. The van der Waals surface area contributed by atoms with Gasteiger partial charge in [-0.3, -0.25) is 9.88 Å². The molecule has 0 radical (unpaired) electrons. The van der Waals surface area contributed by atoms with Crippen LogP contribution in [0, 0.1) is 34.8 Å². The van der Waals surface area contributed by atoms with E-state index in [0.29, 0.717) is 59.9 Å². The van der Waals surface area contributed by atoms with Crippen molar-refractivity contribution in [3.63, 3.8) is 0 Å². The molecule has 2 N–H and O–H groups in total. The minimum atomic E-state index is -0.970. The van der Waals surface area contributed by atoms with Crippen LogP contribution in [0.1, 0.15) is 55.8 Å². The van der Waals surface area contributed by atoms with Gasteiger partial charge in [-0.05, 0) is 79.1 Å². The number of benzene rings is 2. The highest BCUT2D eigenvalue weighted by molar-refractivity contribution is 6.03. The fraction of sp³-hybridized carbons (Fsp3) is 0.417. The van der Waals surface area contributed by atoms with Crippen molar-refractivity contribution in [2.24, 2.45) is 0 Å². The van der Waals surface area contributed by atoms with Gasteiger partial charge in [0, 0.05) is 55.3 Å². The van der Waals surface area contributed by atoms with E-state index in [0.717, 1.165) is 32.2 Å². The third kappa shape index (κ3) is 4.50. The summed E-state index contributed by atoms with van der Waals surface area (Å²) in [5.41, 5.74) is 0.897. The van der Waals surface area contributed by atoms with Crippen molar-refractivity contribution in [1.82, 2.24) is 20.2 Å². The number of anilines is 1. The Morgan fingerprint density at radius 1 is 1.15 bits per heavy atom. The molecule has 2 aromatic carbocycles. The van der Waals surface area contributed by atoms with Gasteiger partial charge in [0.2, 0.25) is 0 Å². The number of alkyl halides is 1. The van der Waals surface area contributed by atoms with Crippen molar-refractivity contribution < 1.29 is 18.3 Å². The molecule has 4 aliphatic heterocycles. The summed E-state index contributed by atoms with van der Waals surface area (Å²) in [6.45, 7) is 4.20. The molecule has 8 rings (SSSR count). The number of rotatable bonds is 3. The first kappa shape index (κ1) is 29.1. The Morgan fingerprint density at radius 3 is 2.72 bits per heavy atom. The summed E-state index contributed by atoms with van der Waals surface area (Å²) < 4.78 is 46.5. The van der Waals surface area contributed by atoms with Gasteiger partial charge >= 0.3 is 0 Å². The predicted molar refractivity (Wildman–Crippen MR) is 170 cm³/mol. The highest BCUT2D eigenvalue weighted by Gasteiger charge is 2.47. The number of aryl methyl sites for hydroxylation is 1. The Labute approximate surface area is 265 Å². The quantitative estimate of drug-likeness (QED) is 0.282. The third-order valence-electron chi connectivity index (χ3n) is 10.4. The summed E-state index contributed by atoms with van der Waals surface area (Å²) in [5, 5.41) is 26.2. The summed E-state index contributed by atoms with van der Waals surface area (Å²) in [6, 6.07) is 8.64. The van der Waals surface area contributed by atoms with Crippen LogP contribution in [0.2, 0.25) is 0 Å². The van der Waals surface area contributed by atoms with E-state index in [2.05, 4.69) is 38.0 Å². The lowest BCUT2D eigenvalue weighted by atomic mass is 9.93. The predicted octanol–water partition coefficient (Wildman–Crippen LogP) is 5.74. The monoisotopic (exact) mass is 622 g/mol. The van der Waals surface area contributed by atoms with Gasteiger partial charge in [0.25, 0.3) is 0 Å². The van der Waals surface area contributed by atoms with Crippen molar-refractivity contribution in [2.45, 2.75) is 69.2 Å². The zero-order valence-corrected chi connectivity index (χ0v) is 25.5. The van der Waals surface area contributed by atoms with Crippen LogP contribution in [0.3, 0.4) is 0 Å². The average Bonchev–Trinajstić information content (AvgIpc) is 3.69. The number of hydrogen-bond acceptors (Lipinski definition) is 7. The molecule has 7 nitrogen and oxygen atoms in total. The van der Waals surface area contributed by atoms with Crippen LogP contribution in [0.5, 0.6) is 5.75 Å². The zero-order chi connectivity index (χ0) is 31.7. The van der Waals surface area contributed by atoms with Crippen LogP contribution in [-0.2, 0) is 6.42 Å². The molecule has 4 atom stereocenters. The van der Waals surface area contributed by atoms with E-state index in [1.807, 2.05) is 6.92 Å². The van der Waals surface area contributed by atoms with Crippen molar-refractivity contribution in [2.75, 3.05) is 31.1 Å². The van der Waals surface area contributed by atoms with Crippen LogP contribution in [0.15, 0.2) is 30.5 Å². The Morgan fingerprint density at radius 2 is 1.96 bits per heavy atom. The molecule has 0 aliphatic carbocycles. The molecule has 234 valence electrons. The second-order valence-electron chi connectivity index (χ2n) is 13.1. The van der Waals surface area contributed by atoms with Gasteiger partial charge in [0.15, 0.2) is 5.82 Å². The molecule has 4 fully saturated rings. The minimum Gasteiger partial charge on any atom is -0.508 e. The maximum atomic E-state index is 17.0. The summed E-state index contributed by atoms with van der Waals surface area (Å²) in [7, 11) is 0. The fourth-order valence-electron chi connectivity index (χ4n) is 8.37. The number of pyridine rings is 2. The van der Waals surface area contributed by atoms with Gasteiger partial charge in [-0.1, -0.05) is 18.9 Å². The van der Waals surface area contributed by atoms with Crippen LogP contribution < -0.4 is 10.2 Å². The molecule has 0 saturated carbocycles. The molecule has 2 aromatic heterocycles. The number of phenolic OH excluding ortho intramolecular Hbond substituents is 1. The number of hydrogen-bond donors (Lipinski definition) is 2. The van der Waals surface area contributed by atoms with Gasteiger partial charge in [-0.2, -0.15) is 5.26 Å². The lowest BCUT2D eigenvalue weighted by Gasteiger charge is -2.35. The van der Waals surface area contributed by atoms with E-state index in [4.69, 9.17) is 4.98 Å². The molecule has 0 spiro atoms. The summed E-state index contributed by atoms with van der Waals surface area (Å²) in [4.78, 5) is 13.5. The zero-order valence-electron chi connectivity index (χ0n) is 25.5. The van der Waals surface area contributed by atoms with Gasteiger partial charge in [-0.25, -0.2) is 18.2 Å². The SMILES string of the molecule is CCc1c(F)ccc2cc(O)cc(-c3ncc4c(N5CC6CCC(C5)N6)c(C#N)c(C#C[C@@]56CCCN5C[C@H](F)C6)nc4c3F)c12. The first-order valence-electron chi connectivity index (χ1n) is 16.1. The standard InChI is InChI=1S/C36H33F3N6O/c1-2-25-29(38)7-4-20-12-24(46)13-26(31(20)25)33-32(39)34-28(16-41-33)35(44-18-22-5-6-23(19-44)42-22)27(15-40)30(43-34)8-10-36-9-3-11-45(36)17-21(37)14-36/h4,7,12-13,16,21-23,42,46H,2-3,5-6,9,11,14,17-19H2,1H3/t21-,22?,23?,36-/m1/s1. The molecular weight excluding hydrogens is 589 g/mol. The van der Waals surface area contributed by atoms with E-state index < -0.39 is 23.3 Å². The molecule has 0 amide bonds. The van der Waals surface area contributed by atoms with Crippen molar-refractivity contribution in [3.8, 4) is 34.9 Å². The summed E-state index contributed by atoms with van der Waals surface area (Å²) >= 11 is 0. The topological polar surface area (TPSA) is 88.3 Å². The fourth-order valence-corrected chi connectivity index (χ4v) is 8.37. The smallest absolute Gasteiger partial charge is 0.175 e. The van der Waals surface area contributed by atoms with E-state index in [9.17, 15) is 19.1 Å². The van der Waals surface area contributed by atoms with Gasteiger partial charge in [0.1, 0.15) is 46.3 Å². The number of nitrogens with zero attached hydrogens (tertiary/aromatic N) is 5. The number of phenols is 1. The first-order chi connectivity index (χ1) is 22.3. The number of piperazine rings is 1. The third-order valence-corrected chi connectivity index (χ3v) is 10.4. The van der Waals surface area contributed by atoms with Crippen molar-refractivity contribution in [3.05, 3.63) is 58.9 Å². The number of nitrogens with one attached hydrogen (secondary N) is 1. The van der Waals surface area contributed by atoms with Crippen LogP contribution in [-0.4, -0.2) is 69.9 Å². The van der Waals surface area contributed by atoms with E-state index in [1.165, 1.54) is 24.4 Å². The maximum absolute atomic E-state index is 17.0. The molecule has 4 aliphatic rings. The number of aromatic hydroxyl groups is 1. The molecule has 4 aromatic rings. The summed E-state index contributed by atoms with van der Waals surface area (Å²) in [6.07, 6.45) is 4.88. The van der Waals surface area contributed by atoms with E-state index >= 15 is 4.39 Å². The van der Waals surface area contributed by atoms with Crippen LogP contribution in [0.4, 0.5) is 18.9 Å². The molecule has 4 saturated heterocycles. The second kappa shape index (κ2) is 10.9. The van der Waals surface area contributed by atoms with Crippen LogP contribution >= 0.6 is 0 Å². The van der Waals surface area contributed by atoms with Crippen LogP contribution in [0.25, 0.3) is 32.9 Å². The normalized spacial score (nSPS) is 25.5.